The number of aliphatic imine (C=N–C) groups is 1. The molecule has 1 rings (SSSR count). The molecule has 0 aliphatic rings. The van der Waals surface area contributed by atoms with Gasteiger partial charge in [-0.15, -0.1) is 24.0 Å². The third kappa shape index (κ3) is 6.37. The van der Waals surface area contributed by atoms with Crippen LogP contribution in [0.25, 0.3) is 0 Å². The molecule has 0 fully saturated rings. The number of hydrogen-bond acceptors (Lipinski definition) is 2. The van der Waals surface area contributed by atoms with Crippen molar-refractivity contribution < 1.29 is 4.79 Å². The van der Waals surface area contributed by atoms with Crippen LogP contribution >= 0.6 is 24.0 Å². The molecule has 0 bridgehead atoms. The van der Waals surface area contributed by atoms with Crippen LogP contribution in [0.5, 0.6) is 0 Å². The first kappa shape index (κ1) is 21.7. The van der Waals surface area contributed by atoms with Crippen molar-refractivity contribution in [1.82, 2.24) is 14.7 Å². The number of amides is 1. The molecule has 0 heterocycles. The van der Waals surface area contributed by atoms with Gasteiger partial charge in [0.25, 0.3) is 5.91 Å². The van der Waals surface area contributed by atoms with Crippen LogP contribution < -0.4 is 0 Å². The summed E-state index contributed by atoms with van der Waals surface area (Å²) in [5, 5.41) is 0. The van der Waals surface area contributed by atoms with Crippen molar-refractivity contribution in [2.75, 3.05) is 41.3 Å². The quantitative estimate of drug-likeness (QED) is 0.408. The van der Waals surface area contributed by atoms with Gasteiger partial charge in [0.1, 0.15) is 0 Å². The van der Waals surface area contributed by atoms with E-state index in [9.17, 15) is 4.79 Å². The maximum atomic E-state index is 12.2. The Morgan fingerprint density at radius 2 is 1.43 bits per heavy atom. The van der Waals surface area contributed by atoms with E-state index in [1.54, 1.807) is 0 Å². The summed E-state index contributed by atoms with van der Waals surface area (Å²) in [5.41, 5.74) is 1.83. The molecule has 23 heavy (non-hydrogen) atoms. The Morgan fingerprint density at radius 3 is 1.83 bits per heavy atom. The topological polar surface area (TPSA) is 39.2 Å². The van der Waals surface area contributed by atoms with Gasteiger partial charge >= 0.3 is 0 Å². The molecule has 0 aliphatic heterocycles. The molecule has 0 spiro atoms. The van der Waals surface area contributed by atoms with E-state index in [-0.39, 0.29) is 29.9 Å². The van der Waals surface area contributed by atoms with Gasteiger partial charge < -0.3 is 14.7 Å². The minimum absolute atomic E-state index is 0. The highest BCUT2D eigenvalue weighted by atomic mass is 127. The van der Waals surface area contributed by atoms with Gasteiger partial charge in [0.2, 0.25) is 0 Å². The first-order chi connectivity index (χ1) is 10.4. The van der Waals surface area contributed by atoms with Crippen LogP contribution in [-0.4, -0.2) is 67.8 Å². The Kier molecular flexibility index (Phi) is 9.87. The predicted molar refractivity (Wildman–Crippen MR) is 108 cm³/mol. The van der Waals surface area contributed by atoms with Crippen LogP contribution in [0.15, 0.2) is 29.3 Å². The molecular weight excluding hydrogens is 403 g/mol. The third-order valence-corrected chi connectivity index (χ3v) is 3.45. The summed E-state index contributed by atoms with van der Waals surface area (Å²) in [6, 6.07) is 7.72. The lowest BCUT2D eigenvalue weighted by Crippen LogP contribution is -2.35. The number of rotatable bonds is 5. The van der Waals surface area contributed by atoms with Gasteiger partial charge in [-0.25, -0.2) is 4.99 Å². The zero-order valence-corrected chi connectivity index (χ0v) is 17.4. The van der Waals surface area contributed by atoms with Gasteiger partial charge in [0.15, 0.2) is 5.96 Å². The van der Waals surface area contributed by atoms with Crippen LogP contribution in [0, 0.1) is 0 Å². The Balaban J connectivity index is 0.00000484. The molecule has 6 heteroatoms. The molecule has 0 saturated carbocycles. The minimum atomic E-state index is 0. The summed E-state index contributed by atoms with van der Waals surface area (Å²) in [6.45, 7) is 6.06. The molecular formula is C17H29IN4O. The van der Waals surface area contributed by atoms with Crippen molar-refractivity contribution in [3.05, 3.63) is 35.4 Å². The molecule has 130 valence electrons. The smallest absolute Gasteiger partial charge is 0.253 e. The second kappa shape index (κ2) is 10.5. The Hall–Kier alpha value is -1.31. The van der Waals surface area contributed by atoms with E-state index in [0.717, 1.165) is 30.2 Å². The number of hydrogen-bond donors (Lipinski definition) is 0. The fourth-order valence-corrected chi connectivity index (χ4v) is 2.29. The number of carbonyl (C=O) groups excluding carboxylic acids is 1. The van der Waals surface area contributed by atoms with Crippen LogP contribution in [0.2, 0.25) is 0 Å². The lowest BCUT2D eigenvalue weighted by atomic mass is 10.1. The monoisotopic (exact) mass is 432 g/mol. The van der Waals surface area contributed by atoms with Crippen LogP contribution in [-0.2, 0) is 6.54 Å². The fraction of sp³-hybridized carbons (Fsp3) is 0.529. The molecule has 0 atom stereocenters. The molecule has 1 aromatic rings. The maximum Gasteiger partial charge on any atom is 0.253 e. The first-order valence-corrected chi connectivity index (χ1v) is 7.68. The second-order valence-corrected chi connectivity index (χ2v) is 5.58. The molecule has 0 N–H and O–H groups in total. The second-order valence-electron chi connectivity index (χ2n) is 5.58. The standard InChI is InChI=1S/C17H28N4O.HI/c1-7-21(8-2)16(22)15-11-9-14(10-12-15)13-18-17(19(3)4)20(5)6;/h9-12H,7-8,13H2,1-6H3;1H. The van der Waals surface area contributed by atoms with E-state index >= 15 is 0 Å². The van der Waals surface area contributed by atoms with Gasteiger partial charge in [0, 0.05) is 46.8 Å². The summed E-state index contributed by atoms with van der Waals surface area (Å²) in [6.07, 6.45) is 0. The zero-order chi connectivity index (χ0) is 16.7. The summed E-state index contributed by atoms with van der Waals surface area (Å²) >= 11 is 0. The minimum Gasteiger partial charge on any atom is -0.349 e. The molecule has 0 aliphatic carbocycles. The van der Waals surface area contributed by atoms with E-state index in [4.69, 9.17) is 0 Å². The highest BCUT2D eigenvalue weighted by Crippen LogP contribution is 2.09. The van der Waals surface area contributed by atoms with Crippen molar-refractivity contribution in [2.45, 2.75) is 20.4 Å². The summed E-state index contributed by atoms with van der Waals surface area (Å²) in [4.78, 5) is 22.6. The Labute approximate surface area is 157 Å². The van der Waals surface area contributed by atoms with Gasteiger partial charge in [-0.1, -0.05) is 12.1 Å². The number of benzene rings is 1. The third-order valence-electron chi connectivity index (χ3n) is 3.45. The molecule has 1 amide bonds. The number of carbonyl (C=O) groups is 1. The van der Waals surface area contributed by atoms with E-state index in [1.165, 1.54) is 0 Å². The average molecular weight is 432 g/mol. The largest absolute Gasteiger partial charge is 0.349 e. The highest BCUT2D eigenvalue weighted by Gasteiger charge is 2.11. The van der Waals surface area contributed by atoms with Gasteiger partial charge in [0.05, 0.1) is 6.54 Å². The normalized spacial score (nSPS) is 9.65. The van der Waals surface area contributed by atoms with E-state index in [2.05, 4.69) is 4.99 Å². The number of guanidine groups is 1. The van der Waals surface area contributed by atoms with E-state index < -0.39 is 0 Å². The summed E-state index contributed by atoms with van der Waals surface area (Å²) in [5.74, 6) is 1.01. The van der Waals surface area contributed by atoms with Gasteiger partial charge in [-0.3, -0.25) is 4.79 Å². The van der Waals surface area contributed by atoms with Crippen LogP contribution in [0.1, 0.15) is 29.8 Å². The van der Waals surface area contributed by atoms with Crippen molar-refractivity contribution in [2.24, 2.45) is 4.99 Å². The van der Waals surface area contributed by atoms with Gasteiger partial charge in [-0.2, -0.15) is 0 Å². The Morgan fingerprint density at radius 1 is 0.957 bits per heavy atom. The predicted octanol–water partition coefficient (Wildman–Crippen LogP) is 2.77. The molecule has 0 unspecified atom stereocenters. The number of halogens is 1. The van der Waals surface area contributed by atoms with Crippen LogP contribution in [0.3, 0.4) is 0 Å². The fourth-order valence-electron chi connectivity index (χ4n) is 2.29. The van der Waals surface area contributed by atoms with E-state index in [0.29, 0.717) is 6.54 Å². The van der Waals surface area contributed by atoms with Crippen molar-refractivity contribution in [3.63, 3.8) is 0 Å². The SMILES string of the molecule is CCN(CC)C(=O)c1ccc(CN=C(N(C)C)N(C)C)cc1.I. The average Bonchev–Trinajstić information content (AvgIpc) is 2.48. The molecule has 5 nitrogen and oxygen atoms in total. The van der Waals surface area contributed by atoms with Crippen molar-refractivity contribution >= 4 is 35.8 Å². The van der Waals surface area contributed by atoms with Gasteiger partial charge in [-0.05, 0) is 31.5 Å². The molecule has 0 saturated heterocycles. The zero-order valence-electron chi connectivity index (χ0n) is 15.0. The summed E-state index contributed by atoms with van der Waals surface area (Å²) < 4.78 is 0. The molecule has 0 radical (unpaired) electrons. The van der Waals surface area contributed by atoms with Crippen LogP contribution in [0.4, 0.5) is 0 Å². The maximum absolute atomic E-state index is 12.2. The lowest BCUT2D eigenvalue weighted by Gasteiger charge is -2.22. The van der Waals surface area contributed by atoms with E-state index in [1.807, 2.05) is 81.0 Å². The molecule has 0 aromatic heterocycles. The van der Waals surface area contributed by atoms with Crippen molar-refractivity contribution in [3.8, 4) is 0 Å². The summed E-state index contributed by atoms with van der Waals surface area (Å²) in [7, 11) is 7.91. The van der Waals surface area contributed by atoms with Crippen molar-refractivity contribution in [1.29, 1.82) is 0 Å². The highest BCUT2D eigenvalue weighted by molar-refractivity contribution is 14.0. The first-order valence-electron chi connectivity index (χ1n) is 7.68. The lowest BCUT2D eigenvalue weighted by molar-refractivity contribution is 0.0773. The molecule has 1 aromatic carbocycles. The Bertz CT molecular complexity index is 498. The number of nitrogens with zero attached hydrogens (tertiary/aromatic N) is 4.